The summed E-state index contributed by atoms with van der Waals surface area (Å²) in [4.78, 5) is 114. The van der Waals surface area contributed by atoms with Crippen LogP contribution in [0.1, 0.15) is 121 Å². The Labute approximate surface area is 612 Å². The van der Waals surface area contributed by atoms with Gasteiger partial charge in [-0.25, -0.2) is 4.79 Å². The lowest BCUT2D eigenvalue weighted by Crippen LogP contribution is -2.64. The van der Waals surface area contributed by atoms with E-state index in [-0.39, 0.29) is 86.9 Å². The summed E-state index contributed by atoms with van der Waals surface area (Å²) in [6.07, 6.45) is -14.7. The van der Waals surface area contributed by atoms with Crippen molar-refractivity contribution in [2.24, 2.45) is 17.6 Å². The van der Waals surface area contributed by atoms with E-state index in [0.29, 0.717) is 0 Å². The minimum absolute atomic E-state index is 0.0959. The Morgan fingerprint density at radius 1 is 0.724 bits per heavy atom. The molecule has 568 valence electrons. The first kappa shape index (κ1) is 79.9. The molecule has 5 aromatic rings. The number of benzene rings is 5. The lowest BCUT2D eigenvalue weighted by atomic mass is 9.73. The average molecular weight is 1510 g/mol. The van der Waals surface area contributed by atoms with Gasteiger partial charge in [0.2, 0.25) is 53.4 Å². The Kier molecular flexibility index (Phi) is 25.5. The molecule has 2 fully saturated rings. The van der Waals surface area contributed by atoms with Crippen LogP contribution in [0.25, 0.3) is 11.1 Å². The number of halogens is 2. The number of fused-ring (bicyclic) bond motifs is 6. The number of aromatic hydroxyl groups is 3. The molecule has 32 nitrogen and oxygen atoms in total. The molecule has 18 atom stereocenters. The third-order valence-electron chi connectivity index (χ3n) is 18.6. The van der Waals surface area contributed by atoms with E-state index in [1.54, 1.807) is 0 Å². The van der Waals surface area contributed by atoms with Gasteiger partial charge >= 0.3 is 5.97 Å². The second kappa shape index (κ2) is 33.5. The number of nitrogens with two attached hydrogens (primary N) is 1. The Bertz CT molecular complexity index is 4100. The first-order chi connectivity index (χ1) is 49.5. The number of carboxylic acid groups (broad SMARTS) is 1. The van der Waals surface area contributed by atoms with E-state index in [4.69, 9.17) is 52.6 Å². The van der Waals surface area contributed by atoms with Crippen LogP contribution >= 0.6 is 23.2 Å². The van der Waals surface area contributed by atoms with Crippen molar-refractivity contribution in [2.45, 2.75) is 183 Å². The zero-order valence-electron chi connectivity index (χ0n) is 58.2. The smallest absolute Gasteiger partial charge is 0.330 e. The Morgan fingerprint density at radius 3 is 1.93 bits per heavy atom. The molecule has 10 bridgehead atoms. The van der Waals surface area contributed by atoms with Gasteiger partial charge in [-0.15, -0.1) is 0 Å². The maximum atomic E-state index is 15.1. The molecule has 7 amide bonds. The first-order valence-electron chi connectivity index (χ1n) is 33.7. The van der Waals surface area contributed by atoms with Crippen molar-refractivity contribution in [3.8, 4) is 57.1 Å². The molecule has 1 saturated carbocycles. The van der Waals surface area contributed by atoms with Crippen molar-refractivity contribution >= 4 is 70.5 Å². The topological polar surface area (TPSA) is 507 Å². The summed E-state index contributed by atoms with van der Waals surface area (Å²) in [5.74, 6) is -14.4. The molecule has 20 N–H and O–H groups in total. The van der Waals surface area contributed by atoms with Crippen LogP contribution in [0.5, 0.6) is 46.0 Å². The number of phenols is 3. The van der Waals surface area contributed by atoms with Crippen LogP contribution in [0, 0.1) is 11.8 Å². The number of aliphatic carboxylic acids is 1. The highest BCUT2D eigenvalue weighted by atomic mass is 35.5. The van der Waals surface area contributed by atoms with Crippen LogP contribution in [0.3, 0.4) is 0 Å². The fourth-order valence-corrected chi connectivity index (χ4v) is 13.9. The van der Waals surface area contributed by atoms with Gasteiger partial charge in [0.1, 0.15) is 95.6 Å². The van der Waals surface area contributed by atoms with E-state index in [9.17, 15) is 84.6 Å². The number of aliphatic hydroxyl groups is 6. The first-order valence-corrected chi connectivity index (χ1v) is 34.5. The van der Waals surface area contributed by atoms with Crippen molar-refractivity contribution in [3.63, 3.8) is 0 Å². The third-order valence-corrected chi connectivity index (χ3v) is 19.2. The maximum Gasteiger partial charge on any atom is 0.330 e. The molecule has 10 unspecified atom stereocenters. The van der Waals surface area contributed by atoms with Crippen LogP contribution in [-0.2, 0) is 47.8 Å². The number of aliphatic hydroxyl groups excluding tert-OH is 6. The molecular formula is C71H87Cl2N9O23. The molecule has 0 aromatic heterocycles. The molecule has 1 aliphatic carbocycles. The number of likely N-dealkylation sites (N-methyl/N-ethyl adjacent to an activating group) is 1. The second-order valence-corrected chi connectivity index (χ2v) is 28.3. The SMILES string of the molecule is CN[C@H](CC(C)C)C(=O)N[C@H]1C(=O)N[C@@H](CC(N)=O)C(=O)N[C@H](C)C(=O)N[C@H]2C(=O)N[C@H](C(=O)NC(C(=O)O)c3cc(O)cc(O)c3-c3cc2ccc3O)[C@H](O)c2ccc(c(Cl)c2)Oc2cccc(c2OC2OC(CO)C(O)C(O)C2OC2CC(C)C(O)C(C)(NC(C)C)C2)Oc2ccc(cc2Cl)[C@H]1O. The summed E-state index contributed by atoms with van der Waals surface area (Å²) in [5.41, 5.74) is 2.52. The third kappa shape index (κ3) is 18.2. The van der Waals surface area contributed by atoms with Gasteiger partial charge in [-0.2, -0.15) is 0 Å². The number of para-hydroxylation sites is 1. The summed E-state index contributed by atoms with van der Waals surface area (Å²) >= 11 is 14.1. The number of nitrogens with one attached hydrogen (secondary N) is 8. The van der Waals surface area contributed by atoms with E-state index in [2.05, 4.69) is 42.5 Å². The molecule has 5 aliphatic heterocycles. The molecule has 0 radical (unpaired) electrons. The summed E-state index contributed by atoms with van der Waals surface area (Å²) in [6.45, 7) is 11.3. The van der Waals surface area contributed by atoms with Gasteiger partial charge in [0.05, 0.1) is 41.3 Å². The molecule has 1 saturated heterocycles. The molecule has 34 heteroatoms. The van der Waals surface area contributed by atoms with E-state index < -0.39 is 203 Å². The van der Waals surface area contributed by atoms with Crippen molar-refractivity contribution in [3.05, 3.63) is 117 Å². The Hall–Kier alpha value is -9.16. The number of hydrogen-bond acceptors (Lipinski definition) is 24. The predicted molar refractivity (Wildman–Crippen MR) is 373 cm³/mol. The minimum Gasteiger partial charge on any atom is -0.508 e. The van der Waals surface area contributed by atoms with Gasteiger partial charge in [-0.05, 0) is 123 Å². The summed E-state index contributed by atoms with van der Waals surface area (Å²) < 4.78 is 32.5. The molecule has 5 aromatic carbocycles. The largest absolute Gasteiger partial charge is 0.508 e. The number of carbonyl (C=O) groups excluding carboxylic acids is 7. The standard InChI is InChI=1S/C71H87Cl2N9O23/c1-28(2)18-41(75-8)64(94)80-54-56(88)33-13-16-45(39(72)21-33)102-47-10-9-11-48(60(47)105-70-61(59(91)58(90)49(27-83)104-70)101-36-19-30(5)62(92)71(7,26-36)82-29(3)4)103-46-17-14-34(22-40(46)73)57(89)55-68(98)79-53(69(99)100)38-23-35(84)24-44(86)51(38)37-20-32(12-15-43(37)85)52(66(96)81-55)78-63(93)31(6)76-65(95)42(25-50(74)87)77-67(54)97/h9-17,20-24,28-31,36,41-42,49,52-59,61-62,70,75,82-86,88-92H,18-19,25-27H2,1-8H3,(H2,74,87)(H,76,95)(H,77,97)(H,78,93)(H,79,98)(H,80,94)(H,81,96)(H,99,100)/t30?,31-,36?,41-,42+,49?,52-,53?,54-,55+,56-,57-,58?,59?,61?,62?,70?,71?/m1/s1. The van der Waals surface area contributed by atoms with E-state index in [1.807, 2.05) is 41.5 Å². The fraction of sp³-hybridized carbons (Fsp3) is 0.465. The number of carboxylic acids is 1. The zero-order chi connectivity index (χ0) is 77.0. The zero-order valence-corrected chi connectivity index (χ0v) is 59.7. The number of hydrogen-bond donors (Lipinski definition) is 19. The van der Waals surface area contributed by atoms with Crippen LogP contribution in [0.4, 0.5) is 0 Å². The number of ether oxygens (including phenoxy) is 5. The normalized spacial score (nSPS) is 28.6. The van der Waals surface area contributed by atoms with E-state index in [0.717, 1.165) is 43.3 Å². The van der Waals surface area contributed by atoms with Gasteiger partial charge in [0.25, 0.3) is 0 Å². The van der Waals surface area contributed by atoms with Gasteiger partial charge in [-0.1, -0.05) is 82.1 Å². The van der Waals surface area contributed by atoms with Crippen LogP contribution in [0.2, 0.25) is 10.0 Å². The molecule has 105 heavy (non-hydrogen) atoms. The van der Waals surface area contributed by atoms with Gasteiger partial charge < -0.3 is 123 Å². The number of phenolic OH excluding ortho intramolecular Hbond substituents is 3. The van der Waals surface area contributed by atoms with Gasteiger partial charge in [0.15, 0.2) is 17.5 Å². The Morgan fingerprint density at radius 2 is 1.35 bits per heavy atom. The van der Waals surface area contributed by atoms with Gasteiger partial charge in [-0.3, -0.25) is 33.6 Å². The van der Waals surface area contributed by atoms with Crippen molar-refractivity contribution in [1.29, 1.82) is 0 Å². The Balaban J connectivity index is 1.21. The van der Waals surface area contributed by atoms with Gasteiger partial charge in [0, 0.05) is 34.3 Å². The lowest BCUT2D eigenvalue weighted by Gasteiger charge is -2.49. The molecule has 0 spiro atoms. The highest BCUT2D eigenvalue weighted by Gasteiger charge is 2.51. The maximum absolute atomic E-state index is 15.1. The quantitative estimate of drug-likeness (QED) is 0.0714. The highest BCUT2D eigenvalue weighted by Crippen LogP contribution is 2.48. The van der Waals surface area contributed by atoms with E-state index >= 15 is 4.79 Å². The van der Waals surface area contributed by atoms with Crippen molar-refractivity contribution in [1.82, 2.24) is 42.5 Å². The summed E-state index contributed by atoms with van der Waals surface area (Å²) in [6, 6.07) is 2.66. The summed E-state index contributed by atoms with van der Waals surface area (Å²) in [7, 11) is 1.48. The van der Waals surface area contributed by atoms with E-state index in [1.165, 1.54) is 55.6 Å². The minimum atomic E-state index is -2.29. The number of amides is 7. The number of rotatable bonds is 15. The summed E-state index contributed by atoms with van der Waals surface area (Å²) in [5, 5.41) is 134. The number of primary amides is 1. The lowest BCUT2D eigenvalue weighted by molar-refractivity contribution is -0.299. The highest BCUT2D eigenvalue weighted by molar-refractivity contribution is 6.32. The van der Waals surface area contributed by atoms with Crippen LogP contribution < -0.4 is 62.5 Å². The van der Waals surface area contributed by atoms with Crippen molar-refractivity contribution in [2.75, 3.05) is 13.7 Å². The van der Waals surface area contributed by atoms with Crippen LogP contribution in [0.15, 0.2) is 84.9 Å². The second-order valence-electron chi connectivity index (χ2n) is 27.5. The molecule has 6 aliphatic rings. The average Bonchev–Trinajstić information content (AvgIpc) is 0.774. The molecule has 5 heterocycles. The predicted octanol–water partition coefficient (Wildman–Crippen LogP) is 2.14. The van der Waals surface area contributed by atoms with Crippen molar-refractivity contribution < 1.29 is 113 Å². The van der Waals surface area contributed by atoms with Crippen LogP contribution in [-0.4, -0.2) is 197 Å². The molecular weight excluding hydrogens is 1420 g/mol. The monoisotopic (exact) mass is 1500 g/mol. The molecule has 11 rings (SSSR count). The number of carbonyl (C=O) groups is 8. The fourth-order valence-electron chi connectivity index (χ4n) is 13.5.